The van der Waals surface area contributed by atoms with Crippen LogP contribution < -0.4 is 15.5 Å². The number of hydrogen-bond donors (Lipinski definition) is 2. The van der Waals surface area contributed by atoms with E-state index in [9.17, 15) is 0 Å². The minimum atomic E-state index is 0.843. The van der Waals surface area contributed by atoms with Crippen LogP contribution in [0.25, 0.3) is 0 Å². The van der Waals surface area contributed by atoms with Crippen LogP contribution >= 0.6 is 11.8 Å². The first kappa shape index (κ1) is 20.9. The van der Waals surface area contributed by atoms with Gasteiger partial charge in [-0.25, -0.2) is 0 Å². The third kappa shape index (κ3) is 5.44. The quantitative estimate of drug-likeness (QED) is 0.586. The van der Waals surface area contributed by atoms with Crippen LogP contribution in [0, 0.1) is 0 Å². The number of aliphatic imine (C=N–C) groups is 1. The Hall–Kier alpha value is -2.96. The molecule has 2 aliphatic heterocycles. The lowest BCUT2D eigenvalue weighted by Gasteiger charge is -2.36. The highest BCUT2D eigenvalue weighted by atomic mass is 32.2. The second-order valence-corrected chi connectivity index (χ2v) is 9.30. The molecule has 2 aliphatic rings. The number of benzene rings is 3. The number of piperazine rings is 1. The lowest BCUT2D eigenvalue weighted by atomic mass is 10.2. The summed E-state index contributed by atoms with van der Waals surface area (Å²) in [5.41, 5.74) is 3.78. The molecule has 5 rings (SSSR count). The van der Waals surface area contributed by atoms with Crippen molar-refractivity contribution in [1.82, 2.24) is 10.2 Å². The molecule has 1 fully saturated rings. The molecule has 0 bridgehead atoms. The van der Waals surface area contributed by atoms with Crippen molar-refractivity contribution < 1.29 is 0 Å². The monoisotopic (exact) mass is 443 g/mol. The fourth-order valence-electron chi connectivity index (χ4n) is 4.08. The Bertz CT molecular complexity index is 1030. The van der Waals surface area contributed by atoms with Gasteiger partial charge in [-0.15, -0.1) is 0 Å². The highest BCUT2D eigenvalue weighted by Crippen LogP contribution is 2.29. The van der Waals surface area contributed by atoms with E-state index in [0.717, 1.165) is 57.5 Å². The first-order valence-electron chi connectivity index (χ1n) is 11.3. The molecule has 2 N–H and O–H groups in total. The van der Waals surface area contributed by atoms with E-state index in [1.54, 1.807) is 11.8 Å². The average Bonchev–Trinajstić information content (AvgIpc) is 3.36. The fraction of sp³-hybridized carbons (Fsp3) is 0.269. The molecule has 3 aromatic carbocycles. The molecule has 0 unspecified atom stereocenters. The molecular weight excluding hydrogens is 414 g/mol. The Balaban J connectivity index is 1.10. The van der Waals surface area contributed by atoms with Crippen LogP contribution in [-0.2, 0) is 6.54 Å². The number of anilines is 2. The number of para-hydroxylation sites is 1. The molecule has 32 heavy (non-hydrogen) atoms. The highest BCUT2D eigenvalue weighted by Gasteiger charge is 2.17. The van der Waals surface area contributed by atoms with Gasteiger partial charge in [-0.05, 0) is 54.1 Å². The molecule has 5 nitrogen and oxygen atoms in total. The lowest BCUT2D eigenvalue weighted by molar-refractivity contribution is 0.250. The molecule has 0 atom stereocenters. The van der Waals surface area contributed by atoms with E-state index in [1.807, 2.05) is 0 Å². The maximum Gasteiger partial charge on any atom is 0.195 e. The van der Waals surface area contributed by atoms with Gasteiger partial charge in [0.1, 0.15) is 0 Å². The summed E-state index contributed by atoms with van der Waals surface area (Å²) >= 11 is 1.80. The van der Waals surface area contributed by atoms with Crippen LogP contribution in [0.2, 0.25) is 0 Å². The number of hydrogen-bond acceptors (Lipinski definition) is 6. The van der Waals surface area contributed by atoms with Gasteiger partial charge in [0.25, 0.3) is 0 Å². The molecule has 0 aromatic heterocycles. The summed E-state index contributed by atoms with van der Waals surface area (Å²) in [5.74, 6) is 0.863. The van der Waals surface area contributed by atoms with E-state index >= 15 is 0 Å². The second kappa shape index (κ2) is 10.1. The first-order valence-corrected chi connectivity index (χ1v) is 12.1. The Morgan fingerprint density at radius 3 is 2.16 bits per heavy atom. The standard InChI is InChI=1S/C26H29N5S/c1-2-4-23(5-3-1)31-18-16-30(17-19-31)20-21-6-10-24(11-7-21)32-25-12-8-22(9-13-25)29-26-27-14-15-28-26/h1-13H,14-20H2,(H2,27,28,29). The van der Waals surface area contributed by atoms with Crippen molar-refractivity contribution in [2.75, 3.05) is 49.5 Å². The predicted molar refractivity (Wildman–Crippen MR) is 135 cm³/mol. The Morgan fingerprint density at radius 1 is 0.812 bits per heavy atom. The zero-order chi connectivity index (χ0) is 21.6. The third-order valence-electron chi connectivity index (χ3n) is 5.85. The van der Waals surface area contributed by atoms with E-state index in [0.29, 0.717) is 0 Å². The summed E-state index contributed by atoms with van der Waals surface area (Å²) in [7, 11) is 0. The van der Waals surface area contributed by atoms with E-state index in [4.69, 9.17) is 0 Å². The number of nitrogens with one attached hydrogen (secondary N) is 2. The molecular formula is C26H29N5S. The van der Waals surface area contributed by atoms with Crippen molar-refractivity contribution in [3.63, 3.8) is 0 Å². The van der Waals surface area contributed by atoms with E-state index in [1.165, 1.54) is 21.0 Å². The Morgan fingerprint density at radius 2 is 1.50 bits per heavy atom. The predicted octanol–water partition coefficient (Wildman–Crippen LogP) is 4.53. The summed E-state index contributed by atoms with van der Waals surface area (Å²) in [6, 6.07) is 28.3. The van der Waals surface area contributed by atoms with Gasteiger partial charge in [-0.2, -0.15) is 0 Å². The smallest absolute Gasteiger partial charge is 0.195 e. The zero-order valence-corrected chi connectivity index (χ0v) is 19.0. The van der Waals surface area contributed by atoms with Gasteiger partial charge < -0.3 is 15.5 Å². The molecule has 2 heterocycles. The van der Waals surface area contributed by atoms with Crippen molar-refractivity contribution in [2.45, 2.75) is 16.3 Å². The molecule has 0 saturated carbocycles. The molecule has 0 radical (unpaired) electrons. The average molecular weight is 444 g/mol. The van der Waals surface area contributed by atoms with Gasteiger partial charge in [0.2, 0.25) is 0 Å². The summed E-state index contributed by atoms with van der Waals surface area (Å²) in [6.45, 7) is 7.16. The van der Waals surface area contributed by atoms with Crippen molar-refractivity contribution in [2.24, 2.45) is 4.99 Å². The van der Waals surface area contributed by atoms with E-state index in [-0.39, 0.29) is 0 Å². The van der Waals surface area contributed by atoms with E-state index < -0.39 is 0 Å². The number of guanidine groups is 1. The van der Waals surface area contributed by atoms with Crippen LogP contribution in [0.3, 0.4) is 0 Å². The minimum absolute atomic E-state index is 0.843. The molecule has 1 saturated heterocycles. The topological polar surface area (TPSA) is 42.9 Å². The van der Waals surface area contributed by atoms with Crippen LogP contribution in [0.4, 0.5) is 11.4 Å². The maximum atomic E-state index is 4.37. The molecule has 6 heteroatoms. The van der Waals surface area contributed by atoms with E-state index in [2.05, 4.69) is 104 Å². The zero-order valence-electron chi connectivity index (χ0n) is 18.2. The van der Waals surface area contributed by atoms with Gasteiger partial charge in [-0.1, -0.05) is 42.1 Å². The molecule has 0 amide bonds. The highest BCUT2D eigenvalue weighted by molar-refractivity contribution is 7.99. The van der Waals surface area contributed by atoms with Crippen LogP contribution in [0.15, 0.2) is 93.6 Å². The SMILES string of the molecule is c1ccc(N2CCN(Cc3ccc(Sc4ccc(NC5=NCCN5)cc4)cc3)CC2)cc1. The van der Waals surface area contributed by atoms with Crippen molar-refractivity contribution in [3.8, 4) is 0 Å². The van der Waals surface area contributed by atoms with Crippen LogP contribution in [0.1, 0.15) is 5.56 Å². The second-order valence-electron chi connectivity index (χ2n) is 8.15. The summed E-state index contributed by atoms with van der Waals surface area (Å²) in [5, 5.41) is 6.54. The number of nitrogens with zero attached hydrogens (tertiary/aromatic N) is 3. The minimum Gasteiger partial charge on any atom is -0.369 e. The third-order valence-corrected chi connectivity index (χ3v) is 6.87. The molecule has 164 valence electrons. The van der Waals surface area contributed by atoms with Gasteiger partial charge in [0.05, 0.1) is 6.54 Å². The fourth-order valence-corrected chi connectivity index (χ4v) is 4.90. The van der Waals surface area contributed by atoms with Gasteiger partial charge >= 0.3 is 0 Å². The van der Waals surface area contributed by atoms with Crippen molar-refractivity contribution in [3.05, 3.63) is 84.4 Å². The summed E-state index contributed by atoms with van der Waals surface area (Å²) in [4.78, 5) is 11.9. The lowest BCUT2D eigenvalue weighted by Crippen LogP contribution is -2.45. The summed E-state index contributed by atoms with van der Waals surface area (Å²) in [6.07, 6.45) is 0. The first-order chi connectivity index (χ1) is 15.8. The number of rotatable bonds is 6. The molecule has 0 spiro atoms. The summed E-state index contributed by atoms with van der Waals surface area (Å²) < 4.78 is 0. The normalized spacial score (nSPS) is 16.5. The van der Waals surface area contributed by atoms with Gasteiger partial charge in [0.15, 0.2) is 5.96 Å². The van der Waals surface area contributed by atoms with Crippen molar-refractivity contribution >= 4 is 29.1 Å². The van der Waals surface area contributed by atoms with Gasteiger partial charge in [0, 0.05) is 60.4 Å². The maximum absolute atomic E-state index is 4.37. The largest absolute Gasteiger partial charge is 0.369 e. The van der Waals surface area contributed by atoms with Gasteiger partial charge in [-0.3, -0.25) is 9.89 Å². The molecule has 0 aliphatic carbocycles. The van der Waals surface area contributed by atoms with Crippen molar-refractivity contribution in [1.29, 1.82) is 0 Å². The Labute approximate surface area is 194 Å². The molecule has 3 aromatic rings. The van der Waals surface area contributed by atoms with Crippen LogP contribution in [-0.4, -0.2) is 50.1 Å². The Kier molecular flexibility index (Phi) is 6.61. The van der Waals surface area contributed by atoms with Crippen LogP contribution in [0.5, 0.6) is 0 Å².